The van der Waals surface area contributed by atoms with E-state index in [4.69, 9.17) is 5.73 Å². The minimum Gasteiger partial charge on any atom is -0.330 e. The molecule has 1 aromatic carbocycles. The summed E-state index contributed by atoms with van der Waals surface area (Å²) in [7, 11) is 0. The Bertz CT molecular complexity index is 503. The molecule has 1 aromatic heterocycles. The van der Waals surface area contributed by atoms with Gasteiger partial charge in [0.05, 0.1) is 17.8 Å². The Morgan fingerprint density at radius 1 is 1.24 bits per heavy atom. The standard InChI is InChI=1S/C14H19N3/c15-9-11-5-1-3-7-13(11)17-14-8-4-2-6-12(14)10-16-17/h2,4,6,8,10-11,13H,1,3,5,7,9,15H2. The largest absolute Gasteiger partial charge is 0.330 e. The average Bonchev–Trinajstić information content (AvgIpc) is 2.82. The fourth-order valence-electron chi connectivity index (χ4n) is 3.04. The SMILES string of the molecule is NCC1CCCCC1n1ncc2ccccc21. The van der Waals surface area contributed by atoms with Crippen molar-refractivity contribution in [3.63, 3.8) is 0 Å². The van der Waals surface area contributed by atoms with Crippen molar-refractivity contribution in [1.82, 2.24) is 9.78 Å². The normalized spacial score (nSPS) is 25.2. The number of rotatable bonds is 2. The first kappa shape index (κ1) is 10.8. The highest BCUT2D eigenvalue weighted by atomic mass is 15.3. The molecule has 1 heterocycles. The van der Waals surface area contributed by atoms with Gasteiger partial charge >= 0.3 is 0 Å². The maximum absolute atomic E-state index is 5.90. The number of fused-ring (bicyclic) bond motifs is 1. The Balaban J connectivity index is 2.01. The van der Waals surface area contributed by atoms with Crippen molar-refractivity contribution in [1.29, 1.82) is 0 Å². The van der Waals surface area contributed by atoms with Crippen LogP contribution in [0.4, 0.5) is 0 Å². The van der Waals surface area contributed by atoms with Crippen molar-refractivity contribution in [3.8, 4) is 0 Å². The minimum atomic E-state index is 0.494. The minimum absolute atomic E-state index is 0.494. The van der Waals surface area contributed by atoms with Crippen LogP contribution in [0.5, 0.6) is 0 Å². The predicted molar refractivity (Wildman–Crippen MR) is 69.8 cm³/mol. The summed E-state index contributed by atoms with van der Waals surface area (Å²) in [6.07, 6.45) is 7.05. The lowest BCUT2D eigenvalue weighted by atomic mass is 9.84. The third kappa shape index (κ3) is 1.84. The topological polar surface area (TPSA) is 43.8 Å². The van der Waals surface area contributed by atoms with Gasteiger partial charge in [-0.2, -0.15) is 5.10 Å². The molecule has 1 saturated carbocycles. The Kier molecular flexibility index (Phi) is 2.85. The van der Waals surface area contributed by atoms with Gasteiger partial charge in [0.2, 0.25) is 0 Å². The van der Waals surface area contributed by atoms with Gasteiger partial charge in [-0.3, -0.25) is 4.68 Å². The molecule has 2 unspecified atom stereocenters. The van der Waals surface area contributed by atoms with Crippen molar-refractivity contribution in [2.45, 2.75) is 31.7 Å². The van der Waals surface area contributed by atoms with Crippen LogP contribution in [-0.4, -0.2) is 16.3 Å². The van der Waals surface area contributed by atoms with Crippen LogP contribution < -0.4 is 5.73 Å². The molecule has 1 fully saturated rings. The van der Waals surface area contributed by atoms with Crippen LogP contribution in [0, 0.1) is 5.92 Å². The Morgan fingerprint density at radius 2 is 2.06 bits per heavy atom. The molecule has 0 spiro atoms. The molecular formula is C14H19N3. The van der Waals surface area contributed by atoms with Gasteiger partial charge in [-0.1, -0.05) is 31.0 Å². The highest BCUT2D eigenvalue weighted by Gasteiger charge is 2.26. The summed E-state index contributed by atoms with van der Waals surface area (Å²) in [6, 6.07) is 8.92. The second-order valence-electron chi connectivity index (χ2n) is 5.00. The number of benzene rings is 1. The van der Waals surface area contributed by atoms with E-state index in [0.717, 1.165) is 6.54 Å². The molecule has 2 N–H and O–H groups in total. The summed E-state index contributed by atoms with van der Waals surface area (Å²) in [4.78, 5) is 0. The summed E-state index contributed by atoms with van der Waals surface area (Å²) in [5.74, 6) is 0.590. The van der Waals surface area contributed by atoms with E-state index >= 15 is 0 Å². The number of nitrogens with two attached hydrogens (primary N) is 1. The van der Waals surface area contributed by atoms with E-state index in [0.29, 0.717) is 12.0 Å². The molecule has 2 aromatic rings. The van der Waals surface area contributed by atoms with E-state index in [1.807, 2.05) is 6.20 Å². The summed E-state index contributed by atoms with van der Waals surface area (Å²) in [5, 5.41) is 5.81. The van der Waals surface area contributed by atoms with E-state index < -0.39 is 0 Å². The summed E-state index contributed by atoms with van der Waals surface area (Å²) < 4.78 is 2.20. The maximum atomic E-state index is 5.90. The van der Waals surface area contributed by atoms with Gasteiger partial charge in [-0.15, -0.1) is 0 Å². The molecule has 0 bridgehead atoms. The average molecular weight is 229 g/mol. The molecule has 1 aliphatic carbocycles. The van der Waals surface area contributed by atoms with Gasteiger partial charge in [-0.05, 0) is 31.4 Å². The fraction of sp³-hybridized carbons (Fsp3) is 0.500. The second-order valence-corrected chi connectivity index (χ2v) is 5.00. The zero-order valence-electron chi connectivity index (χ0n) is 10.0. The predicted octanol–water partition coefficient (Wildman–Crippen LogP) is 2.73. The molecule has 3 nitrogen and oxygen atoms in total. The first-order chi connectivity index (χ1) is 8.40. The van der Waals surface area contributed by atoms with E-state index in [1.165, 1.54) is 36.6 Å². The lowest BCUT2D eigenvalue weighted by Gasteiger charge is -2.31. The van der Waals surface area contributed by atoms with Crippen molar-refractivity contribution in [2.75, 3.05) is 6.54 Å². The molecule has 2 atom stereocenters. The number of nitrogens with zero attached hydrogens (tertiary/aromatic N) is 2. The molecule has 3 heteroatoms. The Morgan fingerprint density at radius 3 is 2.94 bits per heavy atom. The molecule has 0 radical (unpaired) electrons. The second kappa shape index (κ2) is 4.49. The van der Waals surface area contributed by atoms with Crippen LogP contribution in [0.1, 0.15) is 31.7 Å². The van der Waals surface area contributed by atoms with Gasteiger partial charge in [0, 0.05) is 5.39 Å². The van der Waals surface area contributed by atoms with E-state index in [2.05, 4.69) is 34.0 Å². The third-order valence-electron chi connectivity index (χ3n) is 3.99. The van der Waals surface area contributed by atoms with Crippen LogP contribution in [-0.2, 0) is 0 Å². The van der Waals surface area contributed by atoms with E-state index in [9.17, 15) is 0 Å². The van der Waals surface area contributed by atoms with Crippen LogP contribution in [0.3, 0.4) is 0 Å². The fourth-order valence-corrected chi connectivity index (χ4v) is 3.04. The Labute approximate surface area is 102 Å². The molecule has 90 valence electrons. The zero-order chi connectivity index (χ0) is 11.7. The van der Waals surface area contributed by atoms with Gasteiger partial charge in [0.25, 0.3) is 0 Å². The quantitative estimate of drug-likeness (QED) is 0.860. The van der Waals surface area contributed by atoms with Crippen molar-refractivity contribution < 1.29 is 0 Å². The smallest absolute Gasteiger partial charge is 0.0685 e. The molecule has 0 saturated heterocycles. The first-order valence-corrected chi connectivity index (χ1v) is 6.52. The molecule has 0 aliphatic heterocycles. The van der Waals surface area contributed by atoms with Gasteiger partial charge in [0.1, 0.15) is 0 Å². The van der Waals surface area contributed by atoms with Crippen LogP contribution >= 0.6 is 0 Å². The van der Waals surface area contributed by atoms with E-state index in [-0.39, 0.29) is 0 Å². The lowest BCUT2D eigenvalue weighted by molar-refractivity contribution is 0.234. The molecule has 0 amide bonds. The zero-order valence-corrected chi connectivity index (χ0v) is 10.0. The third-order valence-corrected chi connectivity index (χ3v) is 3.99. The summed E-state index contributed by atoms with van der Waals surface area (Å²) in [5.41, 5.74) is 7.15. The summed E-state index contributed by atoms with van der Waals surface area (Å²) >= 11 is 0. The monoisotopic (exact) mass is 229 g/mol. The number of para-hydroxylation sites is 1. The van der Waals surface area contributed by atoms with Crippen molar-refractivity contribution >= 4 is 10.9 Å². The highest BCUT2D eigenvalue weighted by Crippen LogP contribution is 2.34. The number of hydrogen-bond acceptors (Lipinski definition) is 2. The summed E-state index contributed by atoms with van der Waals surface area (Å²) in [6.45, 7) is 0.777. The Hall–Kier alpha value is -1.35. The molecule has 1 aliphatic rings. The molecular weight excluding hydrogens is 210 g/mol. The molecule has 17 heavy (non-hydrogen) atoms. The number of hydrogen-bond donors (Lipinski definition) is 1. The van der Waals surface area contributed by atoms with Gasteiger partial charge in [-0.25, -0.2) is 0 Å². The maximum Gasteiger partial charge on any atom is 0.0685 e. The van der Waals surface area contributed by atoms with Crippen molar-refractivity contribution in [3.05, 3.63) is 30.5 Å². The van der Waals surface area contributed by atoms with Gasteiger partial charge in [0.15, 0.2) is 0 Å². The molecule has 3 rings (SSSR count). The van der Waals surface area contributed by atoms with Crippen LogP contribution in [0.15, 0.2) is 30.5 Å². The van der Waals surface area contributed by atoms with E-state index in [1.54, 1.807) is 0 Å². The lowest BCUT2D eigenvalue weighted by Crippen LogP contribution is -2.29. The van der Waals surface area contributed by atoms with Crippen LogP contribution in [0.2, 0.25) is 0 Å². The van der Waals surface area contributed by atoms with Crippen molar-refractivity contribution in [2.24, 2.45) is 11.7 Å². The highest BCUT2D eigenvalue weighted by molar-refractivity contribution is 5.78. The van der Waals surface area contributed by atoms with Gasteiger partial charge < -0.3 is 5.73 Å². The van der Waals surface area contributed by atoms with Crippen LogP contribution in [0.25, 0.3) is 10.9 Å². The first-order valence-electron chi connectivity index (χ1n) is 6.52. The number of aromatic nitrogens is 2.